The molecule has 134 valence electrons. The van der Waals surface area contributed by atoms with Crippen LogP contribution >= 0.6 is 11.3 Å². The maximum absolute atomic E-state index is 11.8. The van der Waals surface area contributed by atoms with Crippen LogP contribution in [0.15, 0.2) is 41.4 Å². The number of benzene rings is 1. The molecule has 1 aromatic heterocycles. The molecule has 6 heteroatoms. The fraction of sp³-hybridized carbons (Fsp3) is 0.368. The van der Waals surface area contributed by atoms with Crippen LogP contribution in [0.1, 0.15) is 39.5 Å². The van der Waals surface area contributed by atoms with Crippen molar-refractivity contribution >= 4 is 23.2 Å². The van der Waals surface area contributed by atoms with E-state index in [-0.39, 0.29) is 5.91 Å². The van der Waals surface area contributed by atoms with E-state index in [9.17, 15) is 4.79 Å². The lowest BCUT2D eigenvalue weighted by Crippen LogP contribution is -2.36. The highest BCUT2D eigenvalue weighted by Gasteiger charge is 2.04. The number of carbonyl (C=O) groups excluding carboxylic acids is 1. The van der Waals surface area contributed by atoms with E-state index in [4.69, 9.17) is 0 Å². The number of thiophene rings is 1. The number of nitrogens with zero attached hydrogens (tertiary/aromatic N) is 1. The van der Waals surface area contributed by atoms with E-state index in [1.807, 2.05) is 38.1 Å². The molecular formula is C19H26N4OS. The summed E-state index contributed by atoms with van der Waals surface area (Å²) in [6.45, 7) is 8.84. The van der Waals surface area contributed by atoms with Crippen molar-refractivity contribution in [3.63, 3.8) is 0 Å². The molecule has 0 atom stereocenters. The van der Waals surface area contributed by atoms with Crippen LogP contribution in [-0.2, 0) is 13.1 Å². The molecule has 2 rings (SSSR count). The Morgan fingerprint density at radius 1 is 1.00 bits per heavy atom. The van der Waals surface area contributed by atoms with Crippen molar-refractivity contribution in [2.24, 2.45) is 4.99 Å². The van der Waals surface area contributed by atoms with E-state index in [0.717, 1.165) is 24.6 Å². The number of hydrogen-bond donors (Lipinski definition) is 3. The molecule has 0 spiro atoms. The molecule has 0 bridgehead atoms. The van der Waals surface area contributed by atoms with Gasteiger partial charge in [0.1, 0.15) is 0 Å². The van der Waals surface area contributed by atoms with Gasteiger partial charge >= 0.3 is 0 Å². The zero-order valence-corrected chi connectivity index (χ0v) is 15.9. The number of amides is 1. The molecule has 25 heavy (non-hydrogen) atoms. The van der Waals surface area contributed by atoms with Crippen LogP contribution in [0.3, 0.4) is 0 Å². The molecule has 0 saturated heterocycles. The second-order valence-corrected chi connectivity index (χ2v) is 6.99. The summed E-state index contributed by atoms with van der Waals surface area (Å²) >= 11 is 1.79. The van der Waals surface area contributed by atoms with Crippen molar-refractivity contribution in [3.8, 4) is 0 Å². The molecular weight excluding hydrogens is 332 g/mol. The summed E-state index contributed by atoms with van der Waals surface area (Å²) in [7, 11) is 0. The number of carbonyl (C=O) groups is 1. The molecule has 0 unspecified atom stereocenters. The molecule has 0 aliphatic heterocycles. The summed E-state index contributed by atoms with van der Waals surface area (Å²) in [5.41, 5.74) is 1.74. The number of hydrogen-bond acceptors (Lipinski definition) is 3. The molecule has 0 aliphatic carbocycles. The maximum Gasteiger partial charge on any atom is 0.251 e. The molecule has 0 aliphatic rings. The van der Waals surface area contributed by atoms with Gasteiger partial charge < -0.3 is 16.0 Å². The Kier molecular flexibility index (Phi) is 7.47. The van der Waals surface area contributed by atoms with Crippen molar-refractivity contribution in [2.45, 2.75) is 33.9 Å². The van der Waals surface area contributed by atoms with Gasteiger partial charge in [0.2, 0.25) is 0 Å². The Hall–Kier alpha value is -2.34. The van der Waals surface area contributed by atoms with Gasteiger partial charge in [0.05, 0.1) is 13.1 Å². The minimum absolute atomic E-state index is 0.0428. The third-order valence-electron chi connectivity index (χ3n) is 3.54. The second kappa shape index (κ2) is 9.84. The van der Waals surface area contributed by atoms with E-state index >= 15 is 0 Å². The normalized spacial score (nSPS) is 11.2. The minimum Gasteiger partial charge on any atom is -0.357 e. The SMILES string of the molecule is CCNC(=O)c1ccc(CN=C(NCC)NCc2ccc(C)s2)cc1. The van der Waals surface area contributed by atoms with Gasteiger partial charge in [-0.05, 0) is 50.6 Å². The van der Waals surface area contributed by atoms with Gasteiger partial charge in [-0.1, -0.05) is 12.1 Å². The predicted octanol–water partition coefficient (Wildman–Crippen LogP) is 3.06. The molecule has 1 heterocycles. The first kappa shape index (κ1) is 19.0. The molecule has 2 aromatic rings. The van der Waals surface area contributed by atoms with Crippen LogP contribution in [0.5, 0.6) is 0 Å². The van der Waals surface area contributed by atoms with Gasteiger partial charge in [-0.2, -0.15) is 0 Å². The number of nitrogens with one attached hydrogen (secondary N) is 3. The third kappa shape index (κ3) is 6.23. The van der Waals surface area contributed by atoms with Crippen molar-refractivity contribution < 1.29 is 4.79 Å². The van der Waals surface area contributed by atoms with Crippen LogP contribution in [0.25, 0.3) is 0 Å². The van der Waals surface area contributed by atoms with E-state index in [0.29, 0.717) is 18.7 Å². The summed E-state index contributed by atoms with van der Waals surface area (Å²) in [5, 5.41) is 9.40. The van der Waals surface area contributed by atoms with Gasteiger partial charge in [-0.25, -0.2) is 4.99 Å². The Labute approximate surface area is 153 Å². The lowest BCUT2D eigenvalue weighted by atomic mass is 10.1. The molecule has 0 saturated carbocycles. The zero-order chi connectivity index (χ0) is 18.1. The fourth-order valence-electron chi connectivity index (χ4n) is 2.29. The summed E-state index contributed by atoms with van der Waals surface area (Å²) in [6.07, 6.45) is 0. The molecule has 3 N–H and O–H groups in total. The van der Waals surface area contributed by atoms with Gasteiger partial charge in [0, 0.05) is 28.4 Å². The fourth-order valence-corrected chi connectivity index (χ4v) is 3.12. The summed E-state index contributed by atoms with van der Waals surface area (Å²) in [6, 6.07) is 11.8. The number of rotatable bonds is 7. The van der Waals surface area contributed by atoms with Crippen LogP contribution in [0.4, 0.5) is 0 Å². The monoisotopic (exact) mass is 358 g/mol. The first-order chi connectivity index (χ1) is 12.1. The first-order valence-corrected chi connectivity index (χ1v) is 9.38. The molecule has 1 amide bonds. The minimum atomic E-state index is -0.0428. The number of aliphatic imine (C=N–C) groups is 1. The Morgan fingerprint density at radius 2 is 1.72 bits per heavy atom. The number of guanidine groups is 1. The van der Waals surface area contributed by atoms with Crippen LogP contribution < -0.4 is 16.0 Å². The molecule has 5 nitrogen and oxygen atoms in total. The Balaban J connectivity index is 1.94. The van der Waals surface area contributed by atoms with Crippen LogP contribution in [0, 0.1) is 6.92 Å². The lowest BCUT2D eigenvalue weighted by Gasteiger charge is -2.10. The third-order valence-corrected chi connectivity index (χ3v) is 4.54. The van der Waals surface area contributed by atoms with Crippen molar-refractivity contribution in [3.05, 3.63) is 57.3 Å². The van der Waals surface area contributed by atoms with Crippen molar-refractivity contribution in [1.29, 1.82) is 0 Å². The largest absolute Gasteiger partial charge is 0.357 e. The van der Waals surface area contributed by atoms with Gasteiger partial charge in [-0.15, -0.1) is 11.3 Å². The zero-order valence-electron chi connectivity index (χ0n) is 15.1. The van der Waals surface area contributed by atoms with E-state index in [2.05, 4.69) is 40.0 Å². The van der Waals surface area contributed by atoms with Crippen molar-refractivity contribution in [1.82, 2.24) is 16.0 Å². The average molecular weight is 359 g/mol. The molecule has 1 aromatic carbocycles. The van der Waals surface area contributed by atoms with Crippen LogP contribution in [0.2, 0.25) is 0 Å². The summed E-state index contributed by atoms with van der Waals surface area (Å²) < 4.78 is 0. The van der Waals surface area contributed by atoms with E-state index in [1.165, 1.54) is 9.75 Å². The first-order valence-electron chi connectivity index (χ1n) is 8.57. The number of aryl methyl sites for hydroxylation is 1. The van der Waals surface area contributed by atoms with E-state index < -0.39 is 0 Å². The molecule has 0 fully saturated rings. The smallest absolute Gasteiger partial charge is 0.251 e. The maximum atomic E-state index is 11.8. The Bertz CT molecular complexity index is 706. The average Bonchev–Trinajstić information content (AvgIpc) is 3.03. The van der Waals surface area contributed by atoms with Gasteiger partial charge in [0.15, 0.2) is 5.96 Å². The van der Waals surface area contributed by atoms with Gasteiger partial charge in [0.25, 0.3) is 5.91 Å². The highest BCUT2D eigenvalue weighted by molar-refractivity contribution is 7.11. The summed E-state index contributed by atoms with van der Waals surface area (Å²) in [4.78, 5) is 19.0. The standard InChI is InChI=1S/C19H26N4OS/c1-4-20-18(24)16-9-7-15(8-10-16)12-22-19(21-5-2)23-13-17-11-6-14(3)25-17/h6-11H,4-5,12-13H2,1-3H3,(H,20,24)(H2,21,22,23). The van der Waals surface area contributed by atoms with Crippen molar-refractivity contribution in [2.75, 3.05) is 13.1 Å². The predicted molar refractivity (Wildman–Crippen MR) is 105 cm³/mol. The topological polar surface area (TPSA) is 65.5 Å². The van der Waals surface area contributed by atoms with Crippen LogP contribution in [-0.4, -0.2) is 25.0 Å². The van der Waals surface area contributed by atoms with E-state index in [1.54, 1.807) is 11.3 Å². The highest BCUT2D eigenvalue weighted by Crippen LogP contribution is 2.14. The lowest BCUT2D eigenvalue weighted by molar-refractivity contribution is 0.0956. The Morgan fingerprint density at radius 3 is 2.32 bits per heavy atom. The summed E-state index contributed by atoms with van der Waals surface area (Å²) in [5.74, 6) is 0.750. The quantitative estimate of drug-likeness (QED) is 0.526. The molecule has 0 radical (unpaired) electrons. The van der Waals surface area contributed by atoms with Gasteiger partial charge in [-0.3, -0.25) is 4.79 Å². The highest BCUT2D eigenvalue weighted by atomic mass is 32.1. The second-order valence-electron chi connectivity index (χ2n) is 5.62.